The summed E-state index contributed by atoms with van der Waals surface area (Å²) in [5.41, 5.74) is 0. The van der Waals surface area contributed by atoms with Crippen LogP contribution in [0, 0.1) is 0 Å². The number of carbonyl (C=O) groups excluding carboxylic acids is 1. The van der Waals surface area contributed by atoms with Crippen LogP contribution in [0.1, 0.15) is 13.8 Å². The summed E-state index contributed by atoms with van der Waals surface area (Å²) in [6.45, 7) is 4.98. The summed E-state index contributed by atoms with van der Waals surface area (Å²) >= 11 is 1.84. The highest BCUT2D eigenvalue weighted by atomic mass is 32.2. The average Bonchev–Trinajstić information content (AvgIpc) is 2.26. The molecule has 0 radical (unpaired) electrons. The van der Waals surface area contributed by atoms with E-state index in [1.54, 1.807) is 4.90 Å². The first kappa shape index (κ1) is 13.2. The molecular weight excluding hydrogens is 228 g/mol. The maximum Gasteiger partial charge on any atom is 0.326 e. The number of carboxylic acid groups (broad SMARTS) is 1. The first-order valence-corrected chi connectivity index (χ1v) is 6.34. The zero-order chi connectivity index (χ0) is 12.3. The first-order chi connectivity index (χ1) is 7.43. The fourth-order valence-electron chi connectivity index (χ4n) is 1.55. The van der Waals surface area contributed by atoms with E-state index in [0.29, 0.717) is 18.3 Å². The van der Waals surface area contributed by atoms with Gasteiger partial charge in [0.1, 0.15) is 6.04 Å². The Hall–Kier alpha value is -0.910. The van der Waals surface area contributed by atoms with E-state index in [0.717, 1.165) is 5.75 Å². The van der Waals surface area contributed by atoms with Crippen molar-refractivity contribution in [2.75, 3.05) is 25.9 Å². The SMILES string of the molecule is CC1CN(C(=O)N(C)C(C)C(=O)O)CCS1. The van der Waals surface area contributed by atoms with E-state index in [9.17, 15) is 9.59 Å². The zero-order valence-corrected chi connectivity index (χ0v) is 10.7. The Kier molecular flexibility index (Phi) is 4.46. The van der Waals surface area contributed by atoms with E-state index >= 15 is 0 Å². The number of hydrogen-bond acceptors (Lipinski definition) is 3. The van der Waals surface area contributed by atoms with Crippen molar-refractivity contribution in [1.29, 1.82) is 0 Å². The molecule has 0 aliphatic carbocycles. The molecule has 0 aromatic carbocycles. The minimum atomic E-state index is -0.977. The molecular formula is C10H18N2O3S. The van der Waals surface area contributed by atoms with E-state index in [4.69, 9.17) is 5.11 Å². The predicted molar refractivity (Wildman–Crippen MR) is 63.7 cm³/mol. The van der Waals surface area contributed by atoms with Crippen LogP contribution < -0.4 is 0 Å². The zero-order valence-electron chi connectivity index (χ0n) is 9.84. The van der Waals surface area contributed by atoms with E-state index in [-0.39, 0.29) is 6.03 Å². The Morgan fingerprint density at radius 2 is 2.19 bits per heavy atom. The summed E-state index contributed by atoms with van der Waals surface area (Å²) in [6, 6.07) is -0.973. The number of hydrogen-bond donors (Lipinski definition) is 1. The van der Waals surface area contributed by atoms with Crippen molar-refractivity contribution in [3.63, 3.8) is 0 Å². The van der Waals surface area contributed by atoms with Gasteiger partial charge in [-0.2, -0.15) is 11.8 Å². The lowest BCUT2D eigenvalue weighted by atomic mass is 10.3. The van der Waals surface area contributed by atoms with E-state index in [1.807, 2.05) is 11.8 Å². The highest BCUT2D eigenvalue weighted by Crippen LogP contribution is 2.19. The molecule has 1 aliphatic heterocycles. The Labute approximate surface area is 99.8 Å². The van der Waals surface area contributed by atoms with Crippen LogP contribution in [0.25, 0.3) is 0 Å². The Balaban J connectivity index is 2.59. The lowest BCUT2D eigenvalue weighted by Crippen LogP contribution is -2.51. The molecule has 1 aliphatic rings. The number of aliphatic carboxylic acids is 1. The third-order valence-corrected chi connectivity index (χ3v) is 3.89. The average molecular weight is 246 g/mol. The van der Waals surface area contributed by atoms with Gasteiger partial charge in [0.05, 0.1) is 0 Å². The molecule has 1 N–H and O–H groups in total. The van der Waals surface area contributed by atoms with Crippen LogP contribution >= 0.6 is 11.8 Å². The molecule has 2 unspecified atom stereocenters. The summed E-state index contributed by atoms with van der Waals surface area (Å²) in [5.74, 6) is -0.0577. The largest absolute Gasteiger partial charge is 0.480 e. The molecule has 1 heterocycles. The Morgan fingerprint density at radius 1 is 1.56 bits per heavy atom. The van der Waals surface area contributed by atoms with Crippen LogP contribution in [0.5, 0.6) is 0 Å². The second-order valence-electron chi connectivity index (χ2n) is 4.04. The Bertz CT molecular complexity index is 285. The predicted octanol–water partition coefficient (Wildman–Crippen LogP) is 0.949. The van der Waals surface area contributed by atoms with Crippen LogP contribution in [-0.4, -0.2) is 64.1 Å². The van der Waals surface area contributed by atoms with Gasteiger partial charge in [0.2, 0.25) is 0 Å². The monoisotopic (exact) mass is 246 g/mol. The first-order valence-electron chi connectivity index (χ1n) is 5.29. The summed E-state index contributed by atoms with van der Waals surface area (Å²) < 4.78 is 0. The molecule has 1 rings (SSSR count). The topological polar surface area (TPSA) is 60.9 Å². The van der Waals surface area contributed by atoms with Gasteiger partial charge in [0, 0.05) is 31.1 Å². The number of nitrogens with zero attached hydrogens (tertiary/aromatic N) is 2. The maximum atomic E-state index is 12.0. The molecule has 0 saturated carbocycles. The quantitative estimate of drug-likeness (QED) is 0.788. The third-order valence-electron chi connectivity index (χ3n) is 2.75. The van der Waals surface area contributed by atoms with Crippen molar-refractivity contribution in [3.05, 3.63) is 0 Å². The molecule has 0 bridgehead atoms. The second-order valence-corrected chi connectivity index (χ2v) is 5.58. The molecule has 1 saturated heterocycles. The molecule has 0 aromatic heterocycles. The van der Waals surface area contributed by atoms with Crippen LogP contribution in [0.2, 0.25) is 0 Å². The normalized spacial score (nSPS) is 22.7. The smallest absolute Gasteiger partial charge is 0.326 e. The highest BCUT2D eigenvalue weighted by molar-refractivity contribution is 7.99. The number of amides is 2. The molecule has 6 heteroatoms. The van der Waals surface area contributed by atoms with E-state index in [2.05, 4.69) is 6.92 Å². The van der Waals surface area contributed by atoms with Crippen LogP contribution in [-0.2, 0) is 4.79 Å². The van der Waals surface area contributed by atoms with Gasteiger partial charge < -0.3 is 14.9 Å². The minimum absolute atomic E-state index is 0.193. The van der Waals surface area contributed by atoms with Crippen molar-refractivity contribution in [2.24, 2.45) is 0 Å². The molecule has 92 valence electrons. The van der Waals surface area contributed by atoms with Crippen molar-refractivity contribution in [3.8, 4) is 0 Å². The highest BCUT2D eigenvalue weighted by Gasteiger charge is 2.28. The van der Waals surface area contributed by atoms with Gasteiger partial charge in [0.25, 0.3) is 0 Å². The number of likely N-dealkylation sites (N-methyl/N-ethyl adjacent to an activating group) is 1. The van der Waals surface area contributed by atoms with E-state index < -0.39 is 12.0 Å². The third kappa shape index (κ3) is 3.04. The molecule has 2 amide bonds. The van der Waals surface area contributed by atoms with Crippen molar-refractivity contribution < 1.29 is 14.7 Å². The summed E-state index contributed by atoms with van der Waals surface area (Å²) in [6.07, 6.45) is 0. The summed E-state index contributed by atoms with van der Waals surface area (Å²) in [5, 5.41) is 9.26. The van der Waals surface area contributed by atoms with Crippen molar-refractivity contribution in [1.82, 2.24) is 9.80 Å². The van der Waals surface area contributed by atoms with Crippen LogP contribution in [0.15, 0.2) is 0 Å². The lowest BCUT2D eigenvalue weighted by molar-refractivity contribution is -0.141. The van der Waals surface area contributed by atoms with Crippen LogP contribution in [0.4, 0.5) is 4.79 Å². The van der Waals surface area contributed by atoms with Gasteiger partial charge >= 0.3 is 12.0 Å². The summed E-state index contributed by atoms with van der Waals surface area (Å²) in [7, 11) is 1.54. The van der Waals surface area contributed by atoms with Gasteiger partial charge in [-0.15, -0.1) is 0 Å². The number of rotatable bonds is 2. The number of urea groups is 1. The van der Waals surface area contributed by atoms with Gasteiger partial charge in [-0.25, -0.2) is 9.59 Å². The van der Waals surface area contributed by atoms with Gasteiger partial charge in [-0.1, -0.05) is 6.92 Å². The number of carbonyl (C=O) groups is 2. The Morgan fingerprint density at radius 3 is 2.69 bits per heavy atom. The standard InChI is InChI=1S/C10H18N2O3S/c1-7-6-12(4-5-16-7)10(15)11(3)8(2)9(13)14/h7-8H,4-6H2,1-3H3,(H,13,14). The molecule has 0 spiro atoms. The van der Waals surface area contributed by atoms with Gasteiger partial charge in [-0.05, 0) is 6.92 Å². The molecule has 1 fully saturated rings. The maximum absolute atomic E-state index is 12.0. The van der Waals surface area contributed by atoms with Crippen molar-refractivity contribution >= 4 is 23.8 Å². The molecule has 2 atom stereocenters. The fraction of sp³-hybridized carbons (Fsp3) is 0.800. The van der Waals surface area contributed by atoms with Gasteiger partial charge in [-0.3, -0.25) is 0 Å². The molecule has 0 aromatic rings. The fourth-order valence-corrected chi connectivity index (χ4v) is 2.56. The van der Waals surface area contributed by atoms with Crippen LogP contribution in [0.3, 0.4) is 0 Å². The second kappa shape index (κ2) is 5.43. The number of carboxylic acids is 1. The summed E-state index contributed by atoms with van der Waals surface area (Å²) in [4.78, 5) is 25.8. The minimum Gasteiger partial charge on any atom is -0.480 e. The lowest BCUT2D eigenvalue weighted by Gasteiger charge is -2.34. The van der Waals surface area contributed by atoms with Crippen molar-refractivity contribution in [2.45, 2.75) is 25.1 Å². The van der Waals surface area contributed by atoms with E-state index in [1.165, 1.54) is 18.9 Å². The number of thioether (sulfide) groups is 1. The molecule has 16 heavy (non-hydrogen) atoms. The van der Waals surface area contributed by atoms with Gasteiger partial charge in [0.15, 0.2) is 0 Å². The molecule has 5 nitrogen and oxygen atoms in total.